The minimum atomic E-state index is -4.27. The fourth-order valence-electron chi connectivity index (χ4n) is 2.46. The third kappa shape index (κ3) is 3.07. The van der Waals surface area contributed by atoms with E-state index in [1.165, 1.54) is 11.1 Å². The van der Waals surface area contributed by atoms with Gasteiger partial charge in [-0.25, -0.2) is 0 Å². The number of halogens is 4. The summed E-state index contributed by atoms with van der Waals surface area (Å²) in [6.45, 7) is -0.993. The molecule has 7 heteroatoms. The zero-order chi connectivity index (χ0) is 15.2. The monoisotopic (exact) mass is 359 g/mol. The molecular formula is C14H13BrF3N3. The fourth-order valence-corrected chi connectivity index (χ4v) is 2.82. The lowest BCUT2D eigenvalue weighted by atomic mass is 10.1. The van der Waals surface area contributed by atoms with Gasteiger partial charge in [-0.2, -0.15) is 13.2 Å². The first kappa shape index (κ1) is 14.4. The highest BCUT2D eigenvalue weighted by atomic mass is 79.9. The van der Waals surface area contributed by atoms with Crippen LogP contribution in [0.25, 0.3) is 10.9 Å². The summed E-state index contributed by atoms with van der Waals surface area (Å²) in [5.41, 5.74) is 7.28. The maximum absolute atomic E-state index is 12.9. The molecule has 0 aliphatic heterocycles. The van der Waals surface area contributed by atoms with Crippen LogP contribution in [0.3, 0.4) is 0 Å². The van der Waals surface area contributed by atoms with E-state index in [4.69, 9.17) is 5.73 Å². The Balaban J connectivity index is 2.16. The van der Waals surface area contributed by atoms with Gasteiger partial charge in [0.25, 0.3) is 0 Å². The molecule has 0 unspecified atom stereocenters. The predicted octanol–water partition coefficient (Wildman–Crippen LogP) is 4.11. The van der Waals surface area contributed by atoms with Crippen LogP contribution in [0.4, 0.5) is 24.5 Å². The molecule has 0 amide bonds. The van der Waals surface area contributed by atoms with E-state index in [0.29, 0.717) is 16.6 Å². The molecule has 1 aromatic heterocycles. The Morgan fingerprint density at radius 1 is 1.33 bits per heavy atom. The lowest BCUT2D eigenvalue weighted by molar-refractivity contribution is -0.119. The number of hydrogen-bond acceptors (Lipinski definition) is 3. The molecule has 1 aromatic carbocycles. The number of fused-ring (bicyclic) bond motifs is 1. The first-order chi connectivity index (χ1) is 9.85. The summed E-state index contributed by atoms with van der Waals surface area (Å²) >= 11 is 3.35. The van der Waals surface area contributed by atoms with E-state index >= 15 is 0 Å². The average Bonchev–Trinajstić information content (AvgIpc) is 3.19. The van der Waals surface area contributed by atoms with Crippen molar-refractivity contribution in [1.29, 1.82) is 0 Å². The van der Waals surface area contributed by atoms with E-state index in [1.807, 2.05) is 0 Å². The summed E-state index contributed by atoms with van der Waals surface area (Å²) in [6.07, 6.45) is -1.32. The van der Waals surface area contributed by atoms with Crippen molar-refractivity contribution in [3.05, 3.63) is 28.9 Å². The molecule has 0 bridgehead atoms. The number of rotatable bonds is 3. The largest absolute Gasteiger partial charge is 0.405 e. The molecule has 3 rings (SSSR count). The highest BCUT2D eigenvalue weighted by Gasteiger charge is 2.39. The normalized spacial score (nSPS) is 15.4. The molecule has 2 N–H and O–H groups in total. The maximum atomic E-state index is 12.9. The number of benzene rings is 1. The minimum absolute atomic E-state index is 0.0986. The molecule has 1 aliphatic carbocycles. The topological polar surface area (TPSA) is 42.1 Å². The van der Waals surface area contributed by atoms with Gasteiger partial charge in [0.2, 0.25) is 0 Å². The minimum Gasteiger partial charge on any atom is -0.396 e. The fraction of sp³-hybridized carbons (Fsp3) is 0.357. The second-order valence-corrected chi connectivity index (χ2v) is 6.11. The molecular weight excluding hydrogens is 347 g/mol. The Morgan fingerprint density at radius 2 is 2.05 bits per heavy atom. The molecule has 0 saturated heterocycles. The second kappa shape index (κ2) is 5.05. The van der Waals surface area contributed by atoms with E-state index in [9.17, 15) is 13.2 Å². The Morgan fingerprint density at radius 3 is 2.67 bits per heavy atom. The van der Waals surface area contributed by atoms with Gasteiger partial charge in [0.05, 0.1) is 23.1 Å². The van der Waals surface area contributed by atoms with Gasteiger partial charge in [0.1, 0.15) is 6.54 Å². The highest BCUT2D eigenvalue weighted by molar-refractivity contribution is 9.10. The Labute approximate surface area is 128 Å². The molecule has 1 heterocycles. The summed E-state index contributed by atoms with van der Waals surface area (Å²) in [4.78, 5) is 5.55. The molecule has 2 aromatic rings. The molecule has 112 valence electrons. The van der Waals surface area contributed by atoms with Crippen LogP contribution in [0.15, 0.2) is 28.9 Å². The van der Waals surface area contributed by atoms with Crippen LogP contribution < -0.4 is 10.6 Å². The Kier molecular flexibility index (Phi) is 3.47. The third-order valence-corrected chi connectivity index (χ3v) is 3.95. The molecule has 0 spiro atoms. The highest BCUT2D eigenvalue weighted by Crippen LogP contribution is 2.41. The molecule has 3 nitrogen and oxygen atoms in total. The summed E-state index contributed by atoms with van der Waals surface area (Å²) in [5.74, 6) is 0. The van der Waals surface area contributed by atoms with Crippen LogP contribution >= 0.6 is 15.9 Å². The molecule has 21 heavy (non-hydrogen) atoms. The van der Waals surface area contributed by atoms with E-state index in [2.05, 4.69) is 20.9 Å². The van der Waals surface area contributed by atoms with Crippen molar-refractivity contribution in [1.82, 2.24) is 4.98 Å². The maximum Gasteiger partial charge on any atom is 0.405 e. The molecule has 1 aliphatic rings. The van der Waals surface area contributed by atoms with Gasteiger partial charge < -0.3 is 10.6 Å². The van der Waals surface area contributed by atoms with Crippen LogP contribution in [-0.4, -0.2) is 23.7 Å². The first-order valence-corrected chi connectivity index (χ1v) is 7.31. The van der Waals surface area contributed by atoms with Crippen LogP contribution in [0.5, 0.6) is 0 Å². The van der Waals surface area contributed by atoms with Gasteiger partial charge in [-0.3, -0.25) is 4.98 Å². The van der Waals surface area contributed by atoms with Gasteiger partial charge in [-0.1, -0.05) is 15.9 Å². The second-order valence-electron chi connectivity index (χ2n) is 5.20. The van der Waals surface area contributed by atoms with Gasteiger partial charge in [-0.15, -0.1) is 0 Å². The summed E-state index contributed by atoms with van der Waals surface area (Å²) in [6, 6.07) is 5.24. The van der Waals surface area contributed by atoms with E-state index in [1.54, 1.807) is 18.2 Å². The smallest absolute Gasteiger partial charge is 0.396 e. The number of nitrogens with two attached hydrogens (primary N) is 1. The first-order valence-electron chi connectivity index (χ1n) is 6.52. The molecule has 0 atom stereocenters. The van der Waals surface area contributed by atoms with E-state index < -0.39 is 12.7 Å². The van der Waals surface area contributed by atoms with Crippen molar-refractivity contribution in [2.24, 2.45) is 0 Å². The Bertz CT molecular complexity index is 678. The zero-order valence-electron chi connectivity index (χ0n) is 11.0. The SMILES string of the molecule is Nc1cnc2ccc(Br)cc2c1N(CC(F)(F)F)C1CC1. The van der Waals surface area contributed by atoms with Gasteiger partial charge in [0, 0.05) is 15.9 Å². The number of pyridine rings is 1. The number of aromatic nitrogens is 1. The number of nitrogens with zero attached hydrogens (tertiary/aromatic N) is 2. The van der Waals surface area contributed by atoms with Crippen molar-refractivity contribution in [3.8, 4) is 0 Å². The van der Waals surface area contributed by atoms with Gasteiger partial charge in [0.15, 0.2) is 0 Å². The van der Waals surface area contributed by atoms with Crippen molar-refractivity contribution >= 4 is 38.2 Å². The zero-order valence-corrected chi connectivity index (χ0v) is 12.6. The summed E-state index contributed by atoms with van der Waals surface area (Å²) in [5, 5.41) is 0.639. The number of hydrogen-bond donors (Lipinski definition) is 1. The number of alkyl halides is 3. The standard InChI is InChI=1S/C14H13BrF3N3/c15-8-1-4-12-10(5-8)13(11(19)6-20-12)21(9-2-3-9)7-14(16,17)18/h1,4-6,9H,2-3,7,19H2. The average molecular weight is 360 g/mol. The van der Waals surface area contributed by atoms with Crippen molar-refractivity contribution in [2.75, 3.05) is 17.2 Å². The van der Waals surface area contributed by atoms with E-state index in [0.717, 1.165) is 17.3 Å². The Hall–Kier alpha value is -1.50. The van der Waals surface area contributed by atoms with Crippen LogP contribution in [-0.2, 0) is 0 Å². The van der Waals surface area contributed by atoms with Crippen molar-refractivity contribution < 1.29 is 13.2 Å². The molecule has 0 radical (unpaired) electrons. The predicted molar refractivity (Wildman–Crippen MR) is 80.3 cm³/mol. The van der Waals surface area contributed by atoms with Gasteiger partial charge >= 0.3 is 6.18 Å². The summed E-state index contributed by atoms with van der Waals surface area (Å²) < 4.78 is 39.4. The van der Waals surface area contributed by atoms with Crippen LogP contribution in [0.2, 0.25) is 0 Å². The van der Waals surface area contributed by atoms with Gasteiger partial charge in [-0.05, 0) is 31.0 Å². The van der Waals surface area contributed by atoms with Crippen LogP contribution in [0, 0.1) is 0 Å². The van der Waals surface area contributed by atoms with Crippen LogP contribution in [0.1, 0.15) is 12.8 Å². The van der Waals surface area contributed by atoms with Crippen molar-refractivity contribution in [2.45, 2.75) is 25.1 Å². The van der Waals surface area contributed by atoms with E-state index in [-0.39, 0.29) is 11.7 Å². The third-order valence-electron chi connectivity index (χ3n) is 3.45. The molecule has 1 saturated carbocycles. The quantitative estimate of drug-likeness (QED) is 0.896. The van der Waals surface area contributed by atoms with Crippen molar-refractivity contribution in [3.63, 3.8) is 0 Å². The number of anilines is 2. The number of nitrogen functional groups attached to an aromatic ring is 1. The summed E-state index contributed by atoms with van der Waals surface area (Å²) in [7, 11) is 0. The lowest BCUT2D eigenvalue weighted by Gasteiger charge is -2.28. The molecule has 1 fully saturated rings. The lowest BCUT2D eigenvalue weighted by Crippen LogP contribution is -2.36.